The Balaban J connectivity index is 4.07. The van der Waals surface area contributed by atoms with E-state index >= 15 is 0 Å². The average Bonchev–Trinajstić information content (AvgIpc) is 2.70. The number of ketones is 1. The van der Waals surface area contributed by atoms with Crippen LogP contribution < -0.4 is 11.1 Å². The molecule has 0 radical (unpaired) electrons. The van der Waals surface area contributed by atoms with Crippen molar-refractivity contribution < 1.29 is 28.7 Å². The lowest BCUT2D eigenvalue weighted by Gasteiger charge is -2.17. The Morgan fingerprint density at radius 2 is 1.40 bits per heavy atom. The van der Waals surface area contributed by atoms with Crippen LogP contribution in [-0.2, 0) is 23.9 Å². The van der Waals surface area contributed by atoms with Crippen molar-refractivity contribution in [1.82, 2.24) is 5.32 Å². The molecule has 0 aliphatic rings. The van der Waals surface area contributed by atoms with Gasteiger partial charge in [0.15, 0.2) is 5.78 Å². The van der Waals surface area contributed by atoms with Crippen LogP contribution in [-0.4, -0.2) is 43.5 Å². The van der Waals surface area contributed by atoms with Gasteiger partial charge in [-0.2, -0.15) is 0 Å². The van der Waals surface area contributed by atoms with Crippen LogP contribution in [0.5, 0.6) is 0 Å². The summed E-state index contributed by atoms with van der Waals surface area (Å²) >= 11 is 0. The monoisotopic (exact) mass is 428 g/mol. The molecule has 0 aliphatic carbocycles. The first-order valence-corrected chi connectivity index (χ1v) is 11.1. The van der Waals surface area contributed by atoms with Crippen molar-refractivity contribution in [3.63, 3.8) is 0 Å². The van der Waals surface area contributed by atoms with E-state index < -0.39 is 35.7 Å². The van der Waals surface area contributed by atoms with Gasteiger partial charge >= 0.3 is 12.1 Å². The molecule has 174 valence electrons. The third-order valence-corrected chi connectivity index (χ3v) is 4.93. The number of methoxy groups -OCH3 is 1. The second-order valence-electron chi connectivity index (χ2n) is 7.78. The zero-order chi connectivity index (χ0) is 22.8. The van der Waals surface area contributed by atoms with E-state index in [4.69, 9.17) is 10.5 Å². The molecule has 8 nitrogen and oxygen atoms in total. The van der Waals surface area contributed by atoms with Crippen LogP contribution in [0.25, 0.3) is 0 Å². The van der Waals surface area contributed by atoms with E-state index in [0.717, 1.165) is 19.3 Å². The minimum absolute atomic E-state index is 0.163. The van der Waals surface area contributed by atoms with E-state index in [0.29, 0.717) is 0 Å². The van der Waals surface area contributed by atoms with Gasteiger partial charge in [-0.3, -0.25) is 14.4 Å². The predicted octanol–water partition coefficient (Wildman–Crippen LogP) is 3.65. The molecule has 0 aliphatic heterocycles. The van der Waals surface area contributed by atoms with Crippen molar-refractivity contribution in [3.05, 3.63) is 0 Å². The number of amides is 2. The van der Waals surface area contributed by atoms with Crippen LogP contribution in [0, 0.1) is 5.92 Å². The Hall–Kier alpha value is -2.12. The van der Waals surface area contributed by atoms with Gasteiger partial charge in [0.2, 0.25) is 5.91 Å². The summed E-state index contributed by atoms with van der Waals surface area (Å²) in [5, 5.41) is 2.38. The molecule has 0 unspecified atom stereocenters. The maximum absolute atomic E-state index is 12.3. The van der Waals surface area contributed by atoms with Crippen LogP contribution in [0.4, 0.5) is 4.79 Å². The Morgan fingerprint density at radius 3 is 1.90 bits per heavy atom. The Kier molecular flexibility index (Phi) is 16.5. The molecule has 0 heterocycles. The van der Waals surface area contributed by atoms with E-state index in [9.17, 15) is 19.2 Å². The molecule has 30 heavy (non-hydrogen) atoms. The normalized spacial score (nSPS) is 12.6. The second kappa shape index (κ2) is 17.7. The highest BCUT2D eigenvalue weighted by Gasteiger charge is 2.27. The predicted molar refractivity (Wildman–Crippen MR) is 115 cm³/mol. The number of hydrogen-bond donors (Lipinski definition) is 2. The van der Waals surface area contributed by atoms with Crippen molar-refractivity contribution in [2.75, 3.05) is 13.7 Å². The Morgan fingerprint density at radius 1 is 0.867 bits per heavy atom. The van der Waals surface area contributed by atoms with Crippen molar-refractivity contribution in [1.29, 1.82) is 0 Å². The smallest absolute Gasteiger partial charge is 0.407 e. The van der Waals surface area contributed by atoms with Crippen LogP contribution in [0.2, 0.25) is 0 Å². The number of hydrogen-bond acceptors (Lipinski definition) is 6. The molecule has 2 atom stereocenters. The molecule has 0 saturated carbocycles. The van der Waals surface area contributed by atoms with Gasteiger partial charge in [-0.25, -0.2) is 4.79 Å². The van der Waals surface area contributed by atoms with Gasteiger partial charge in [-0.1, -0.05) is 71.6 Å². The van der Waals surface area contributed by atoms with Gasteiger partial charge in [0.25, 0.3) is 0 Å². The molecule has 8 heteroatoms. The number of nitrogens with one attached hydrogen (secondary N) is 1. The lowest BCUT2D eigenvalue weighted by Crippen LogP contribution is -2.44. The van der Waals surface area contributed by atoms with E-state index in [1.54, 1.807) is 0 Å². The number of nitrogens with two attached hydrogens (primary N) is 1. The fourth-order valence-electron chi connectivity index (χ4n) is 3.11. The molecule has 0 saturated heterocycles. The van der Waals surface area contributed by atoms with Gasteiger partial charge in [-0.15, -0.1) is 0 Å². The summed E-state index contributed by atoms with van der Waals surface area (Å²) in [6.07, 6.45) is 10.5. The van der Waals surface area contributed by atoms with Crippen LogP contribution in [0.1, 0.15) is 90.9 Å². The van der Waals surface area contributed by atoms with E-state index in [1.807, 2.05) is 0 Å². The van der Waals surface area contributed by atoms with Gasteiger partial charge in [-0.05, 0) is 6.42 Å². The van der Waals surface area contributed by atoms with E-state index in [1.165, 1.54) is 59.0 Å². The van der Waals surface area contributed by atoms with Crippen molar-refractivity contribution in [2.45, 2.75) is 96.9 Å². The topological polar surface area (TPSA) is 125 Å². The fraction of sp³-hybridized carbons (Fsp3) is 0.818. The molecule has 0 aromatic rings. The zero-order valence-electron chi connectivity index (χ0n) is 18.9. The van der Waals surface area contributed by atoms with Crippen molar-refractivity contribution in [3.8, 4) is 0 Å². The number of rotatable bonds is 18. The zero-order valence-corrected chi connectivity index (χ0v) is 18.9. The number of primary amides is 1. The Labute approximate surface area is 180 Å². The standard InChI is InChI=1S/C22H40N2O6/c1-4-5-6-7-8-9-10-11-12-13-14-30-22(28)24-18(16-20(23)26)19(25)15-17(2)21(27)29-3/h17-18H,4-16H2,1-3H3,(H2,23,26)(H,24,28)/t17-,18-/m1/s1. The molecular formula is C22H40N2O6. The molecule has 0 fully saturated rings. The van der Waals surface area contributed by atoms with Crippen molar-refractivity contribution >= 4 is 23.8 Å². The minimum atomic E-state index is -1.12. The third-order valence-electron chi connectivity index (χ3n) is 4.93. The number of unbranched alkanes of at least 4 members (excludes halogenated alkanes) is 9. The Bertz CT molecular complexity index is 524. The van der Waals surface area contributed by atoms with E-state index in [-0.39, 0.29) is 19.4 Å². The highest BCUT2D eigenvalue weighted by molar-refractivity contribution is 5.93. The lowest BCUT2D eigenvalue weighted by molar-refractivity contribution is -0.146. The van der Waals surface area contributed by atoms with Gasteiger partial charge in [0.1, 0.15) is 0 Å². The molecular weight excluding hydrogens is 388 g/mol. The molecule has 0 bridgehead atoms. The molecule has 0 rings (SSSR count). The van der Waals surface area contributed by atoms with Gasteiger partial charge < -0.3 is 20.5 Å². The first kappa shape index (κ1) is 27.9. The number of alkyl carbamates (subject to hydrolysis) is 1. The van der Waals surface area contributed by atoms with Crippen LogP contribution in [0.3, 0.4) is 0 Å². The molecule has 0 spiro atoms. The van der Waals surface area contributed by atoms with E-state index in [2.05, 4.69) is 17.0 Å². The number of Topliss-reactive ketones (excluding diaryl/α,β-unsaturated/α-hetero) is 1. The average molecular weight is 429 g/mol. The minimum Gasteiger partial charge on any atom is -0.469 e. The van der Waals surface area contributed by atoms with Crippen LogP contribution in [0.15, 0.2) is 0 Å². The molecule has 2 amide bonds. The maximum atomic E-state index is 12.3. The maximum Gasteiger partial charge on any atom is 0.407 e. The molecule has 0 aromatic heterocycles. The second-order valence-corrected chi connectivity index (χ2v) is 7.78. The summed E-state index contributed by atoms with van der Waals surface area (Å²) in [4.78, 5) is 46.9. The highest BCUT2D eigenvalue weighted by atomic mass is 16.5. The quantitative estimate of drug-likeness (QED) is 0.254. The van der Waals surface area contributed by atoms with Crippen molar-refractivity contribution in [2.24, 2.45) is 11.7 Å². The third kappa shape index (κ3) is 14.8. The van der Waals surface area contributed by atoms with Crippen LogP contribution >= 0.6 is 0 Å². The summed E-state index contributed by atoms with van der Waals surface area (Å²) in [6.45, 7) is 4.00. The SMILES string of the molecule is CCCCCCCCCCCCOC(=O)N[C@H](CC(N)=O)C(=O)C[C@@H](C)C(=O)OC. The summed E-state index contributed by atoms with van der Waals surface area (Å²) in [5.41, 5.74) is 5.16. The molecule has 3 N–H and O–H groups in total. The number of carbonyl (C=O) groups excluding carboxylic acids is 4. The first-order chi connectivity index (χ1) is 14.3. The highest BCUT2D eigenvalue weighted by Crippen LogP contribution is 2.11. The fourth-order valence-corrected chi connectivity index (χ4v) is 3.11. The number of esters is 1. The largest absolute Gasteiger partial charge is 0.469 e. The van der Waals surface area contributed by atoms with Gasteiger partial charge in [0.05, 0.1) is 32.1 Å². The summed E-state index contributed by atoms with van der Waals surface area (Å²) < 4.78 is 9.69. The summed E-state index contributed by atoms with van der Waals surface area (Å²) in [7, 11) is 1.23. The first-order valence-electron chi connectivity index (χ1n) is 11.1. The number of carbonyl (C=O) groups is 4. The summed E-state index contributed by atoms with van der Waals surface area (Å²) in [5.74, 6) is -2.41. The summed E-state index contributed by atoms with van der Waals surface area (Å²) in [6, 6.07) is -1.12. The molecule has 0 aromatic carbocycles. The number of ether oxygens (including phenoxy) is 2. The van der Waals surface area contributed by atoms with Gasteiger partial charge in [0, 0.05) is 6.42 Å². The lowest BCUT2D eigenvalue weighted by atomic mass is 9.98.